The van der Waals surface area contributed by atoms with E-state index in [1.54, 1.807) is 4.90 Å². The zero-order valence-corrected chi connectivity index (χ0v) is 14.9. The van der Waals surface area contributed by atoms with Crippen LogP contribution in [0.3, 0.4) is 0 Å². The molecule has 0 radical (unpaired) electrons. The van der Waals surface area contributed by atoms with Crippen molar-refractivity contribution in [3.8, 4) is 12.3 Å². The van der Waals surface area contributed by atoms with Crippen LogP contribution in [0.2, 0.25) is 0 Å². The second kappa shape index (κ2) is 13.5. The molecular formula is C16H28N4O4. The highest BCUT2D eigenvalue weighted by molar-refractivity contribution is 5.68. The summed E-state index contributed by atoms with van der Waals surface area (Å²) in [5, 5.41) is 3.46. The molecule has 0 unspecified atom stereocenters. The molecule has 0 aromatic carbocycles. The van der Waals surface area contributed by atoms with Crippen LogP contribution in [0.15, 0.2) is 5.11 Å². The monoisotopic (exact) mass is 340 g/mol. The number of rotatable bonds is 12. The highest BCUT2D eigenvalue weighted by Crippen LogP contribution is 2.10. The van der Waals surface area contributed by atoms with Crippen LogP contribution in [0, 0.1) is 12.3 Å². The molecule has 0 fully saturated rings. The molecular weight excluding hydrogens is 312 g/mol. The number of carbonyl (C=O) groups excluding carboxylic acids is 1. The lowest BCUT2D eigenvalue weighted by atomic mass is 10.2. The Morgan fingerprint density at radius 2 is 1.88 bits per heavy atom. The summed E-state index contributed by atoms with van der Waals surface area (Å²) < 4.78 is 16.1. The fourth-order valence-corrected chi connectivity index (χ4v) is 1.63. The number of azide groups is 1. The number of ether oxygens (including phenoxy) is 3. The van der Waals surface area contributed by atoms with Gasteiger partial charge in [0.2, 0.25) is 0 Å². The molecule has 0 heterocycles. The van der Waals surface area contributed by atoms with Gasteiger partial charge in [0.1, 0.15) is 5.60 Å². The minimum atomic E-state index is -0.564. The Balaban J connectivity index is 4.12. The first-order valence-electron chi connectivity index (χ1n) is 7.98. The van der Waals surface area contributed by atoms with Gasteiger partial charge < -0.3 is 19.1 Å². The van der Waals surface area contributed by atoms with E-state index in [9.17, 15) is 4.79 Å². The molecule has 0 bridgehead atoms. The van der Waals surface area contributed by atoms with Crippen molar-refractivity contribution < 1.29 is 19.0 Å². The third kappa shape index (κ3) is 13.7. The lowest BCUT2D eigenvalue weighted by molar-refractivity contribution is 0.0111. The van der Waals surface area contributed by atoms with Crippen LogP contribution in [0.5, 0.6) is 0 Å². The SMILES string of the molecule is C#CCCOCCOCCN(CCCN=[N+]=[N-])C(=O)OC(C)(C)C. The smallest absolute Gasteiger partial charge is 0.410 e. The molecule has 8 nitrogen and oxygen atoms in total. The molecule has 24 heavy (non-hydrogen) atoms. The number of terminal acetylenes is 1. The molecule has 136 valence electrons. The third-order valence-electron chi connectivity index (χ3n) is 2.67. The van der Waals surface area contributed by atoms with Crippen molar-refractivity contribution in [3.63, 3.8) is 0 Å². The van der Waals surface area contributed by atoms with E-state index in [-0.39, 0.29) is 0 Å². The first kappa shape index (κ1) is 22.1. The van der Waals surface area contributed by atoms with Crippen LogP contribution < -0.4 is 0 Å². The third-order valence-corrected chi connectivity index (χ3v) is 2.67. The molecule has 0 rings (SSSR count). The molecule has 0 saturated heterocycles. The summed E-state index contributed by atoms with van der Waals surface area (Å²) in [7, 11) is 0. The molecule has 0 aliphatic rings. The molecule has 1 amide bonds. The van der Waals surface area contributed by atoms with Gasteiger partial charge in [-0.2, -0.15) is 0 Å². The standard InChI is InChI=1S/C16H28N4O4/c1-5-6-11-22-13-14-23-12-10-20(9-7-8-18-19-17)15(21)24-16(2,3)4/h1H,6-14H2,2-4H3. The molecule has 0 aromatic rings. The zero-order chi connectivity index (χ0) is 18.3. The van der Waals surface area contributed by atoms with E-state index in [1.165, 1.54) is 0 Å². The Bertz CT molecular complexity index is 436. The van der Waals surface area contributed by atoms with Crippen LogP contribution in [0.1, 0.15) is 33.6 Å². The highest BCUT2D eigenvalue weighted by Gasteiger charge is 2.21. The van der Waals surface area contributed by atoms with Gasteiger partial charge in [-0.3, -0.25) is 0 Å². The van der Waals surface area contributed by atoms with E-state index in [4.69, 9.17) is 26.2 Å². The summed E-state index contributed by atoms with van der Waals surface area (Å²) in [5.74, 6) is 2.49. The Labute approximate surface area is 144 Å². The van der Waals surface area contributed by atoms with E-state index in [2.05, 4.69) is 15.9 Å². The van der Waals surface area contributed by atoms with Crippen LogP contribution in [-0.4, -0.2) is 62.7 Å². The number of amides is 1. The Hall–Kier alpha value is -1.94. The first-order valence-corrected chi connectivity index (χ1v) is 7.98. The van der Waals surface area contributed by atoms with E-state index >= 15 is 0 Å². The molecule has 0 aliphatic heterocycles. The number of nitrogens with zero attached hydrogens (tertiary/aromatic N) is 4. The first-order chi connectivity index (χ1) is 11.4. The summed E-state index contributed by atoms with van der Waals surface area (Å²) >= 11 is 0. The molecule has 0 spiro atoms. The van der Waals surface area contributed by atoms with Gasteiger partial charge in [0.15, 0.2) is 0 Å². The molecule has 0 saturated carbocycles. The molecule has 0 aliphatic carbocycles. The summed E-state index contributed by atoms with van der Waals surface area (Å²) in [6, 6.07) is 0. The predicted octanol–water partition coefficient (Wildman–Crippen LogP) is 2.98. The fourth-order valence-electron chi connectivity index (χ4n) is 1.63. The Kier molecular flexibility index (Phi) is 12.4. The largest absolute Gasteiger partial charge is 0.444 e. The van der Waals surface area contributed by atoms with Crippen molar-refractivity contribution in [1.82, 2.24) is 4.90 Å². The lowest BCUT2D eigenvalue weighted by Crippen LogP contribution is -2.39. The van der Waals surface area contributed by atoms with Gasteiger partial charge in [-0.15, -0.1) is 12.3 Å². The van der Waals surface area contributed by atoms with Gasteiger partial charge in [0, 0.05) is 31.0 Å². The second-order valence-corrected chi connectivity index (χ2v) is 5.95. The van der Waals surface area contributed by atoms with Gasteiger partial charge in [0.05, 0.1) is 26.4 Å². The average Bonchev–Trinajstić information content (AvgIpc) is 2.50. The summed E-state index contributed by atoms with van der Waals surface area (Å²) in [6.45, 7) is 8.40. The number of hydrogen-bond donors (Lipinski definition) is 0. The quantitative estimate of drug-likeness (QED) is 0.179. The van der Waals surface area contributed by atoms with E-state index in [0.717, 1.165) is 0 Å². The lowest BCUT2D eigenvalue weighted by Gasteiger charge is -2.27. The normalized spacial score (nSPS) is 10.6. The van der Waals surface area contributed by atoms with Crippen LogP contribution in [0.4, 0.5) is 4.79 Å². The maximum Gasteiger partial charge on any atom is 0.410 e. The summed E-state index contributed by atoms with van der Waals surface area (Å²) in [5.41, 5.74) is 7.72. The maximum atomic E-state index is 12.2. The number of carbonyl (C=O) groups is 1. The van der Waals surface area contributed by atoms with Gasteiger partial charge in [0.25, 0.3) is 0 Å². The van der Waals surface area contributed by atoms with Crippen molar-refractivity contribution in [3.05, 3.63) is 10.4 Å². The van der Waals surface area contributed by atoms with Gasteiger partial charge in [-0.25, -0.2) is 4.79 Å². The Morgan fingerprint density at radius 1 is 1.21 bits per heavy atom. The second-order valence-electron chi connectivity index (χ2n) is 5.95. The topological polar surface area (TPSA) is 96.8 Å². The van der Waals surface area contributed by atoms with E-state index < -0.39 is 11.7 Å². The van der Waals surface area contributed by atoms with Gasteiger partial charge in [-0.05, 0) is 32.7 Å². The maximum absolute atomic E-state index is 12.2. The molecule has 0 N–H and O–H groups in total. The van der Waals surface area contributed by atoms with E-state index in [0.29, 0.717) is 58.9 Å². The van der Waals surface area contributed by atoms with Crippen molar-refractivity contribution in [2.75, 3.05) is 46.1 Å². The average molecular weight is 340 g/mol. The molecule has 8 heteroatoms. The fraction of sp³-hybridized carbons (Fsp3) is 0.812. The number of hydrogen-bond acceptors (Lipinski definition) is 5. The summed E-state index contributed by atoms with van der Waals surface area (Å²) in [6.07, 6.45) is 5.86. The molecule has 0 atom stereocenters. The minimum absolute atomic E-state index is 0.333. The van der Waals surface area contributed by atoms with Crippen molar-refractivity contribution >= 4 is 6.09 Å². The summed E-state index contributed by atoms with van der Waals surface area (Å²) in [4.78, 5) is 16.4. The van der Waals surface area contributed by atoms with Gasteiger partial charge in [-0.1, -0.05) is 5.11 Å². The highest BCUT2D eigenvalue weighted by atomic mass is 16.6. The van der Waals surface area contributed by atoms with Crippen LogP contribution in [-0.2, 0) is 14.2 Å². The predicted molar refractivity (Wildman–Crippen MR) is 91.5 cm³/mol. The van der Waals surface area contributed by atoms with Crippen molar-refractivity contribution in [2.45, 2.75) is 39.2 Å². The Morgan fingerprint density at radius 3 is 2.46 bits per heavy atom. The minimum Gasteiger partial charge on any atom is -0.444 e. The van der Waals surface area contributed by atoms with Gasteiger partial charge >= 0.3 is 6.09 Å². The van der Waals surface area contributed by atoms with E-state index in [1.807, 2.05) is 20.8 Å². The van der Waals surface area contributed by atoms with Crippen LogP contribution >= 0.6 is 0 Å². The zero-order valence-electron chi connectivity index (χ0n) is 14.9. The molecule has 0 aromatic heterocycles. The van der Waals surface area contributed by atoms with Crippen LogP contribution in [0.25, 0.3) is 10.4 Å². The van der Waals surface area contributed by atoms with Crippen molar-refractivity contribution in [2.24, 2.45) is 5.11 Å². The van der Waals surface area contributed by atoms with Crippen molar-refractivity contribution in [1.29, 1.82) is 0 Å².